The van der Waals surface area contributed by atoms with Crippen LogP contribution in [0.3, 0.4) is 0 Å². The first-order chi connectivity index (χ1) is 8.96. The lowest BCUT2D eigenvalue weighted by atomic mass is 9.93. The number of aliphatic hydroxyl groups is 1. The van der Waals surface area contributed by atoms with E-state index >= 15 is 0 Å². The van der Waals surface area contributed by atoms with Gasteiger partial charge in [0.05, 0.1) is 5.60 Å². The molecule has 3 N–H and O–H groups in total. The highest BCUT2D eigenvalue weighted by Gasteiger charge is 2.27. The number of benzene rings is 1. The van der Waals surface area contributed by atoms with E-state index in [1.54, 1.807) is 0 Å². The maximum absolute atomic E-state index is 9.92. The molecule has 0 aromatic heterocycles. The molecule has 0 spiro atoms. The van der Waals surface area contributed by atoms with E-state index in [9.17, 15) is 5.11 Å². The van der Waals surface area contributed by atoms with Gasteiger partial charge in [-0.1, -0.05) is 28.1 Å². The zero-order valence-corrected chi connectivity index (χ0v) is 13.1. The van der Waals surface area contributed by atoms with Gasteiger partial charge in [-0.3, -0.25) is 0 Å². The predicted octanol–water partition coefficient (Wildman–Crippen LogP) is 2.69. The van der Waals surface area contributed by atoms with Gasteiger partial charge in [0.1, 0.15) is 0 Å². The van der Waals surface area contributed by atoms with Gasteiger partial charge in [0.2, 0.25) is 0 Å². The second-order valence-corrected chi connectivity index (χ2v) is 6.70. The molecule has 1 unspecified atom stereocenters. The Bertz CT molecular complexity index is 412. The van der Waals surface area contributed by atoms with Crippen molar-refractivity contribution in [3.8, 4) is 0 Å². The van der Waals surface area contributed by atoms with Gasteiger partial charge < -0.3 is 15.7 Å². The average Bonchev–Trinajstić information content (AvgIpc) is 2.37. The highest BCUT2D eigenvalue weighted by atomic mass is 79.9. The second-order valence-electron chi connectivity index (χ2n) is 5.79. The number of likely N-dealkylation sites (tertiary alicyclic amines) is 1. The third-order valence-corrected chi connectivity index (χ3v) is 4.46. The summed E-state index contributed by atoms with van der Waals surface area (Å²) in [6.07, 6.45) is 2.68. The molecule has 19 heavy (non-hydrogen) atoms. The number of hydrogen-bond acceptors (Lipinski definition) is 3. The van der Waals surface area contributed by atoms with Crippen LogP contribution in [0, 0.1) is 0 Å². The lowest BCUT2D eigenvalue weighted by Crippen LogP contribution is -2.43. The zero-order chi connectivity index (χ0) is 13.9. The van der Waals surface area contributed by atoms with E-state index in [0.29, 0.717) is 0 Å². The van der Waals surface area contributed by atoms with Gasteiger partial charge >= 0.3 is 0 Å². The van der Waals surface area contributed by atoms with Crippen molar-refractivity contribution in [2.75, 3.05) is 19.6 Å². The fourth-order valence-electron chi connectivity index (χ4n) is 2.48. The first-order valence-corrected chi connectivity index (χ1v) is 7.71. The van der Waals surface area contributed by atoms with E-state index in [2.05, 4.69) is 33.0 Å². The molecule has 106 valence electrons. The van der Waals surface area contributed by atoms with E-state index in [1.165, 1.54) is 5.56 Å². The van der Waals surface area contributed by atoms with Gasteiger partial charge in [0.15, 0.2) is 0 Å². The molecule has 1 aromatic carbocycles. The van der Waals surface area contributed by atoms with Crippen molar-refractivity contribution in [1.82, 2.24) is 4.90 Å². The van der Waals surface area contributed by atoms with Gasteiger partial charge in [0.25, 0.3) is 0 Å². The second kappa shape index (κ2) is 6.35. The van der Waals surface area contributed by atoms with Gasteiger partial charge in [0, 0.05) is 23.6 Å². The lowest BCUT2D eigenvalue weighted by molar-refractivity contribution is -0.00576. The fourth-order valence-corrected chi connectivity index (χ4v) is 2.90. The predicted molar refractivity (Wildman–Crippen MR) is 82.0 cm³/mol. The Morgan fingerprint density at radius 3 is 2.74 bits per heavy atom. The molecule has 1 aliphatic heterocycles. The molecule has 1 heterocycles. The van der Waals surface area contributed by atoms with Crippen molar-refractivity contribution in [3.05, 3.63) is 34.3 Å². The van der Waals surface area contributed by atoms with Crippen LogP contribution in [0.15, 0.2) is 28.7 Å². The molecule has 0 bridgehead atoms. The summed E-state index contributed by atoms with van der Waals surface area (Å²) >= 11 is 3.48. The molecule has 0 saturated carbocycles. The summed E-state index contributed by atoms with van der Waals surface area (Å²) in [7, 11) is 0. The highest BCUT2D eigenvalue weighted by molar-refractivity contribution is 9.10. The number of halogens is 1. The van der Waals surface area contributed by atoms with E-state index in [4.69, 9.17) is 5.73 Å². The minimum absolute atomic E-state index is 0.0833. The molecular weight excluding hydrogens is 304 g/mol. The number of rotatable bonds is 4. The summed E-state index contributed by atoms with van der Waals surface area (Å²) in [6, 6.07) is 8.29. The summed E-state index contributed by atoms with van der Waals surface area (Å²) in [4.78, 5) is 2.40. The lowest BCUT2D eigenvalue weighted by Gasteiger charge is -2.36. The van der Waals surface area contributed by atoms with Gasteiger partial charge in [-0.2, -0.15) is 0 Å². The van der Waals surface area contributed by atoms with Crippen molar-refractivity contribution in [3.63, 3.8) is 0 Å². The Morgan fingerprint density at radius 2 is 2.11 bits per heavy atom. The van der Waals surface area contributed by atoms with Crippen LogP contribution in [0.1, 0.15) is 37.8 Å². The Hall–Kier alpha value is -0.420. The van der Waals surface area contributed by atoms with Crippen molar-refractivity contribution < 1.29 is 5.11 Å². The van der Waals surface area contributed by atoms with Crippen LogP contribution in [-0.4, -0.2) is 35.2 Å². The van der Waals surface area contributed by atoms with Gasteiger partial charge in [-0.15, -0.1) is 0 Å². The number of piperidine rings is 1. The Balaban J connectivity index is 1.80. The van der Waals surface area contributed by atoms with Gasteiger partial charge in [-0.25, -0.2) is 0 Å². The maximum atomic E-state index is 9.92. The molecular formula is C15H23BrN2O. The fraction of sp³-hybridized carbons (Fsp3) is 0.600. The maximum Gasteiger partial charge on any atom is 0.0644 e. The monoisotopic (exact) mass is 326 g/mol. The molecule has 1 aliphatic rings. The number of nitrogens with zero attached hydrogens (tertiary/aromatic N) is 1. The first kappa shape index (κ1) is 15.0. The standard InChI is InChI=1S/C15H23BrN2O/c1-15(19)6-9-18(10-7-15)8-5-14(17)12-3-2-4-13(16)11-12/h2-4,11,14,19H,5-10,17H2,1H3. The molecule has 0 aliphatic carbocycles. The molecule has 3 nitrogen and oxygen atoms in total. The largest absolute Gasteiger partial charge is 0.390 e. The quantitative estimate of drug-likeness (QED) is 0.894. The third kappa shape index (κ3) is 4.56. The average molecular weight is 327 g/mol. The Kier molecular flexibility index (Phi) is 5.01. The highest BCUT2D eigenvalue weighted by Crippen LogP contribution is 2.23. The van der Waals surface area contributed by atoms with Crippen LogP contribution in [0.5, 0.6) is 0 Å². The van der Waals surface area contributed by atoms with Crippen LogP contribution in [0.25, 0.3) is 0 Å². The molecule has 1 atom stereocenters. The Labute approximate surface area is 123 Å². The van der Waals surface area contributed by atoms with Crippen molar-refractivity contribution in [2.24, 2.45) is 5.73 Å². The summed E-state index contributed by atoms with van der Waals surface area (Å²) in [6.45, 7) is 4.87. The van der Waals surface area contributed by atoms with E-state index in [1.807, 2.05) is 19.1 Å². The summed E-state index contributed by atoms with van der Waals surface area (Å²) in [5.41, 5.74) is 6.95. The summed E-state index contributed by atoms with van der Waals surface area (Å²) in [5, 5.41) is 9.92. The van der Waals surface area contributed by atoms with Crippen LogP contribution in [0.2, 0.25) is 0 Å². The molecule has 1 fully saturated rings. The molecule has 0 amide bonds. The molecule has 2 rings (SSSR count). The van der Waals surface area contributed by atoms with Crippen LogP contribution in [-0.2, 0) is 0 Å². The summed E-state index contributed by atoms with van der Waals surface area (Å²) < 4.78 is 1.08. The Morgan fingerprint density at radius 1 is 1.42 bits per heavy atom. The van der Waals surface area contributed by atoms with E-state index < -0.39 is 5.60 Å². The summed E-state index contributed by atoms with van der Waals surface area (Å²) in [5.74, 6) is 0. The molecule has 1 aromatic rings. The van der Waals surface area contributed by atoms with Crippen LogP contribution >= 0.6 is 15.9 Å². The smallest absolute Gasteiger partial charge is 0.0644 e. The van der Waals surface area contributed by atoms with Crippen molar-refractivity contribution in [2.45, 2.75) is 37.8 Å². The number of nitrogens with two attached hydrogens (primary N) is 1. The zero-order valence-electron chi connectivity index (χ0n) is 11.5. The van der Waals surface area contributed by atoms with Gasteiger partial charge in [-0.05, 0) is 50.4 Å². The van der Waals surface area contributed by atoms with Crippen molar-refractivity contribution in [1.29, 1.82) is 0 Å². The van der Waals surface area contributed by atoms with E-state index in [0.717, 1.165) is 43.4 Å². The minimum Gasteiger partial charge on any atom is -0.390 e. The van der Waals surface area contributed by atoms with Crippen LogP contribution < -0.4 is 5.73 Å². The first-order valence-electron chi connectivity index (χ1n) is 6.92. The minimum atomic E-state index is -0.469. The third-order valence-electron chi connectivity index (χ3n) is 3.97. The van der Waals surface area contributed by atoms with Crippen LogP contribution in [0.4, 0.5) is 0 Å². The molecule has 0 radical (unpaired) electrons. The molecule has 4 heteroatoms. The topological polar surface area (TPSA) is 49.5 Å². The molecule has 1 saturated heterocycles. The van der Waals surface area contributed by atoms with E-state index in [-0.39, 0.29) is 6.04 Å². The number of hydrogen-bond donors (Lipinski definition) is 2. The SMILES string of the molecule is CC1(O)CCN(CCC(N)c2cccc(Br)c2)CC1. The normalized spacial score (nSPS) is 21.3. The van der Waals surface area contributed by atoms with Crippen molar-refractivity contribution >= 4 is 15.9 Å².